The zero-order valence-electron chi connectivity index (χ0n) is 6.28. The fourth-order valence-electron chi connectivity index (χ4n) is 1.34. The van der Waals surface area contributed by atoms with Gasteiger partial charge in [-0.25, -0.2) is 0 Å². The molecule has 1 heterocycles. The van der Waals surface area contributed by atoms with Gasteiger partial charge in [0.25, 0.3) is 0 Å². The van der Waals surface area contributed by atoms with E-state index in [0.717, 1.165) is 5.92 Å². The van der Waals surface area contributed by atoms with E-state index in [0.29, 0.717) is 6.17 Å². The van der Waals surface area contributed by atoms with Crippen molar-refractivity contribution in [2.75, 3.05) is 13.6 Å². The third kappa shape index (κ3) is 1.66. The first kappa shape index (κ1) is 7.03. The molecule has 0 aromatic rings. The maximum atomic E-state index is 3.40. The van der Waals surface area contributed by atoms with Crippen molar-refractivity contribution in [1.29, 1.82) is 0 Å². The second-order valence-electron chi connectivity index (χ2n) is 2.76. The average molecular weight is 128 g/mol. The third-order valence-corrected chi connectivity index (χ3v) is 2.15. The standard InChI is InChI=1S/C7H16N2/c1-3-6-4-7(8-2)9-5-6/h6-9H,3-5H2,1-2H3. The van der Waals surface area contributed by atoms with Gasteiger partial charge in [-0.15, -0.1) is 0 Å². The van der Waals surface area contributed by atoms with E-state index in [1.165, 1.54) is 19.4 Å². The van der Waals surface area contributed by atoms with E-state index in [4.69, 9.17) is 0 Å². The van der Waals surface area contributed by atoms with Crippen LogP contribution >= 0.6 is 0 Å². The maximum absolute atomic E-state index is 3.40. The van der Waals surface area contributed by atoms with Gasteiger partial charge < -0.3 is 10.6 Å². The summed E-state index contributed by atoms with van der Waals surface area (Å²) in [6.45, 7) is 3.45. The Labute approximate surface area is 57.0 Å². The van der Waals surface area contributed by atoms with Crippen LogP contribution in [0.2, 0.25) is 0 Å². The third-order valence-electron chi connectivity index (χ3n) is 2.15. The summed E-state index contributed by atoms with van der Waals surface area (Å²) in [6.07, 6.45) is 3.19. The van der Waals surface area contributed by atoms with Gasteiger partial charge in [-0.05, 0) is 25.9 Å². The van der Waals surface area contributed by atoms with Crippen molar-refractivity contribution in [3.05, 3.63) is 0 Å². The molecule has 2 heteroatoms. The summed E-state index contributed by atoms with van der Waals surface area (Å²) in [5, 5.41) is 6.61. The molecule has 1 aliphatic heterocycles. The van der Waals surface area contributed by atoms with E-state index in [9.17, 15) is 0 Å². The number of nitrogens with one attached hydrogen (secondary N) is 2. The monoisotopic (exact) mass is 128 g/mol. The van der Waals surface area contributed by atoms with Gasteiger partial charge in [-0.2, -0.15) is 0 Å². The van der Waals surface area contributed by atoms with E-state index in [1.807, 2.05) is 7.05 Å². The molecule has 1 rings (SSSR count). The van der Waals surface area contributed by atoms with Crippen LogP contribution in [-0.4, -0.2) is 19.8 Å². The molecule has 0 saturated carbocycles. The lowest BCUT2D eigenvalue weighted by Gasteiger charge is -2.06. The molecule has 1 saturated heterocycles. The van der Waals surface area contributed by atoms with Gasteiger partial charge in [0.05, 0.1) is 6.17 Å². The van der Waals surface area contributed by atoms with E-state index < -0.39 is 0 Å². The molecule has 2 unspecified atom stereocenters. The zero-order chi connectivity index (χ0) is 6.69. The predicted octanol–water partition coefficient (Wildman–Crippen LogP) is 0.551. The lowest BCUT2D eigenvalue weighted by molar-refractivity contribution is 0.498. The Bertz CT molecular complexity index is 73.0. The summed E-state index contributed by atoms with van der Waals surface area (Å²) in [4.78, 5) is 0. The summed E-state index contributed by atoms with van der Waals surface area (Å²) in [5.74, 6) is 0.905. The van der Waals surface area contributed by atoms with Crippen molar-refractivity contribution in [2.24, 2.45) is 5.92 Å². The van der Waals surface area contributed by atoms with Crippen LogP contribution in [-0.2, 0) is 0 Å². The first-order valence-corrected chi connectivity index (χ1v) is 3.77. The van der Waals surface area contributed by atoms with E-state index in [-0.39, 0.29) is 0 Å². The smallest absolute Gasteiger partial charge is 0.0572 e. The Hall–Kier alpha value is -0.0800. The van der Waals surface area contributed by atoms with Crippen molar-refractivity contribution >= 4 is 0 Å². The molecule has 2 atom stereocenters. The maximum Gasteiger partial charge on any atom is 0.0572 e. The first-order chi connectivity index (χ1) is 4.36. The molecular formula is C7H16N2. The largest absolute Gasteiger partial charge is 0.305 e. The highest BCUT2D eigenvalue weighted by Gasteiger charge is 2.20. The molecule has 2 nitrogen and oxygen atoms in total. The van der Waals surface area contributed by atoms with Crippen molar-refractivity contribution < 1.29 is 0 Å². The number of hydrogen-bond donors (Lipinski definition) is 2. The second-order valence-corrected chi connectivity index (χ2v) is 2.76. The Kier molecular flexibility index (Phi) is 2.49. The molecule has 1 aliphatic rings. The lowest BCUT2D eigenvalue weighted by atomic mass is 10.1. The Balaban J connectivity index is 2.20. The predicted molar refractivity (Wildman–Crippen MR) is 39.2 cm³/mol. The van der Waals surface area contributed by atoms with Gasteiger partial charge in [0.2, 0.25) is 0 Å². The van der Waals surface area contributed by atoms with Crippen LogP contribution < -0.4 is 10.6 Å². The van der Waals surface area contributed by atoms with Crippen molar-refractivity contribution in [3.63, 3.8) is 0 Å². The molecule has 0 aromatic heterocycles. The SMILES string of the molecule is CCC1CNC(NC)C1. The molecular weight excluding hydrogens is 112 g/mol. The van der Waals surface area contributed by atoms with Crippen LogP contribution in [0.1, 0.15) is 19.8 Å². The fourth-order valence-corrected chi connectivity index (χ4v) is 1.34. The van der Waals surface area contributed by atoms with E-state index in [1.54, 1.807) is 0 Å². The van der Waals surface area contributed by atoms with Crippen LogP contribution in [0.4, 0.5) is 0 Å². The topological polar surface area (TPSA) is 24.1 Å². The molecule has 9 heavy (non-hydrogen) atoms. The van der Waals surface area contributed by atoms with Crippen LogP contribution in [0.15, 0.2) is 0 Å². The summed E-state index contributed by atoms with van der Waals surface area (Å²) in [6, 6.07) is 0. The van der Waals surface area contributed by atoms with Crippen molar-refractivity contribution in [3.8, 4) is 0 Å². The fraction of sp³-hybridized carbons (Fsp3) is 1.00. The highest BCUT2D eigenvalue weighted by atomic mass is 15.1. The van der Waals surface area contributed by atoms with Gasteiger partial charge in [-0.1, -0.05) is 13.3 Å². The molecule has 0 amide bonds. The Morgan fingerprint density at radius 1 is 1.67 bits per heavy atom. The van der Waals surface area contributed by atoms with Crippen LogP contribution in [0.5, 0.6) is 0 Å². The van der Waals surface area contributed by atoms with Crippen molar-refractivity contribution in [1.82, 2.24) is 10.6 Å². The van der Waals surface area contributed by atoms with Crippen LogP contribution in [0, 0.1) is 5.92 Å². The zero-order valence-corrected chi connectivity index (χ0v) is 6.28. The van der Waals surface area contributed by atoms with Crippen LogP contribution in [0.25, 0.3) is 0 Å². The van der Waals surface area contributed by atoms with Crippen molar-refractivity contribution in [2.45, 2.75) is 25.9 Å². The normalized spacial score (nSPS) is 35.3. The molecule has 2 N–H and O–H groups in total. The highest BCUT2D eigenvalue weighted by molar-refractivity contribution is 4.77. The summed E-state index contributed by atoms with van der Waals surface area (Å²) in [7, 11) is 2.01. The summed E-state index contributed by atoms with van der Waals surface area (Å²) < 4.78 is 0. The number of rotatable bonds is 2. The van der Waals surface area contributed by atoms with Gasteiger partial charge in [0.15, 0.2) is 0 Å². The second kappa shape index (κ2) is 3.18. The molecule has 1 fully saturated rings. The molecule has 0 aliphatic carbocycles. The lowest BCUT2D eigenvalue weighted by Crippen LogP contribution is -2.34. The first-order valence-electron chi connectivity index (χ1n) is 3.77. The van der Waals surface area contributed by atoms with Crippen LogP contribution in [0.3, 0.4) is 0 Å². The molecule has 0 radical (unpaired) electrons. The molecule has 0 bridgehead atoms. The molecule has 54 valence electrons. The summed E-state index contributed by atoms with van der Waals surface area (Å²) in [5.41, 5.74) is 0. The van der Waals surface area contributed by atoms with Gasteiger partial charge in [0, 0.05) is 0 Å². The average Bonchev–Trinajstić information content (AvgIpc) is 2.34. The van der Waals surface area contributed by atoms with E-state index in [2.05, 4.69) is 17.6 Å². The number of hydrogen-bond acceptors (Lipinski definition) is 2. The van der Waals surface area contributed by atoms with Gasteiger partial charge in [-0.3, -0.25) is 0 Å². The van der Waals surface area contributed by atoms with E-state index >= 15 is 0 Å². The highest BCUT2D eigenvalue weighted by Crippen LogP contribution is 2.14. The Morgan fingerprint density at radius 2 is 2.44 bits per heavy atom. The Morgan fingerprint density at radius 3 is 2.78 bits per heavy atom. The minimum absolute atomic E-state index is 0.579. The molecule has 0 spiro atoms. The van der Waals surface area contributed by atoms with Gasteiger partial charge in [0.1, 0.15) is 0 Å². The summed E-state index contributed by atoms with van der Waals surface area (Å²) >= 11 is 0. The minimum atomic E-state index is 0.579. The van der Waals surface area contributed by atoms with Gasteiger partial charge >= 0.3 is 0 Å². The molecule has 0 aromatic carbocycles. The minimum Gasteiger partial charge on any atom is -0.305 e. The quantitative estimate of drug-likeness (QED) is 0.567.